The molecule has 1 aliphatic rings. The number of rotatable bonds is 3. The highest BCUT2D eigenvalue weighted by molar-refractivity contribution is 9.24. The van der Waals surface area contributed by atoms with E-state index in [1.165, 1.54) is 32.0 Å². The zero-order valence-electron chi connectivity index (χ0n) is 14.2. The second-order valence-corrected chi connectivity index (χ2v) is 8.79. The van der Waals surface area contributed by atoms with Crippen molar-refractivity contribution in [3.63, 3.8) is 0 Å². The molecule has 138 valence electrons. The monoisotopic (exact) mass is 494 g/mol. The number of esters is 2. The van der Waals surface area contributed by atoms with Crippen molar-refractivity contribution in [3.8, 4) is 11.5 Å². The lowest BCUT2D eigenvalue weighted by Gasteiger charge is -2.24. The summed E-state index contributed by atoms with van der Waals surface area (Å²) in [6, 6.07) is 7.71. The van der Waals surface area contributed by atoms with E-state index in [2.05, 4.69) is 31.9 Å². The van der Waals surface area contributed by atoms with Crippen LogP contribution in [0.1, 0.15) is 55.0 Å². The van der Waals surface area contributed by atoms with Crippen molar-refractivity contribution in [1.82, 2.24) is 0 Å². The molecule has 1 aliphatic carbocycles. The Hall–Kier alpha value is -2.32. The number of ether oxygens (including phenoxy) is 2. The third kappa shape index (κ3) is 3.46. The summed E-state index contributed by atoms with van der Waals surface area (Å²) in [7, 11) is 0. The lowest BCUT2D eigenvalue weighted by Crippen LogP contribution is -2.25. The number of fused-ring (bicyclic) bond motifs is 2. The van der Waals surface area contributed by atoms with Gasteiger partial charge in [0.05, 0.1) is 14.9 Å². The molecule has 27 heavy (non-hydrogen) atoms. The van der Waals surface area contributed by atoms with Crippen LogP contribution in [0.5, 0.6) is 11.5 Å². The molecule has 0 amide bonds. The fourth-order valence-corrected chi connectivity index (χ4v) is 3.58. The van der Waals surface area contributed by atoms with Crippen LogP contribution in [0, 0.1) is 0 Å². The Morgan fingerprint density at radius 2 is 1.41 bits per heavy atom. The largest absolute Gasteiger partial charge is 0.426 e. The van der Waals surface area contributed by atoms with Crippen LogP contribution in [0.4, 0.5) is 0 Å². The van der Waals surface area contributed by atoms with Gasteiger partial charge in [-0.25, -0.2) is 0 Å². The van der Waals surface area contributed by atoms with E-state index in [4.69, 9.17) is 9.47 Å². The van der Waals surface area contributed by atoms with Crippen molar-refractivity contribution in [2.45, 2.75) is 17.6 Å². The lowest BCUT2D eigenvalue weighted by atomic mass is 9.82. The van der Waals surface area contributed by atoms with E-state index in [9.17, 15) is 19.2 Å². The molecule has 0 unspecified atom stereocenters. The van der Waals surface area contributed by atoms with E-state index in [-0.39, 0.29) is 33.8 Å². The SMILES string of the molecule is CC(=O)Oc1cc(C(Br)Br)c(OC(C)=O)c2c1C(=O)c1ccccc1C2=O. The number of benzene rings is 2. The summed E-state index contributed by atoms with van der Waals surface area (Å²) in [4.78, 5) is 49.4. The first-order chi connectivity index (χ1) is 12.7. The Bertz CT molecular complexity index is 1010. The summed E-state index contributed by atoms with van der Waals surface area (Å²) >= 11 is 6.61. The highest BCUT2D eigenvalue weighted by Crippen LogP contribution is 2.46. The van der Waals surface area contributed by atoms with Gasteiger partial charge in [-0.05, 0) is 6.07 Å². The predicted octanol–water partition coefficient (Wildman–Crippen LogP) is 4.10. The van der Waals surface area contributed by atoms with Gasteiger partial charge in [0, 0.05) is 30.5 Å². The summed E-state index contributed by atoms with van der Waals surface area (Å²) in [6.45, 7) is 2.38. The third-order valence-corrected chi connectivity index (χ3v) is 4.86. The third-order valence-electron chi connectivity index (χ3n) is 3.88. The fourth-order valence-electron chi connectivity index (χ4n) is 2.90. The summed E-state index contributed by atoms with van der Waals surface area (Å²) in [5, 5.41) is 0. The van der Waals surface area contributed by atoms with Crippen LogP contribution in [0.25, 0.3) is 0 Å². The maximum absolute atomic E-state index is 13.2. The van der Waals surface area contributed by atoms with Crippen molar-refractivity contribution < 1.29 is 28.7 Å². The molecule has 0 saturated carbocycles. The lowest BCUT2D eigenvalue weighted by molar-refractivity contribution is -0.133. The van der Waals surface area contributed by atoms with Crippen molar-refractivity contribution in [2.75, 3.05) is 0 Å². The molecular formula is C19H12Br2O6. The second-order valence-electron chi connectivity index (χ2n) is 5.73. The smallest absolute Gasteiger partial charge is 0.308 e. The quantitative estimate of drug-likeness (QED) is 0.309. The minimum absolute atomic E-state index is 0.0556. The number of carbonyl (C=O) groups is 4. The van der Waals surface area contributed by atoms with Crippen molar-refractivity contribution >= 4 is 55.4 Å². The molecule has 2 aromatic rings. The van der Waals surface area contributed by atoms with Crippen molar-refractivity contribution in [1.29, 1.82) is 0 Å². The maximum atomic E-state index is 13.2. The van der Waals surface area contributed by atoms with E-state index in [0.717, 1.165) is 0 Å². The zero-order valence-corrected chi connectivity index (χ0v) is 17.3. The van der Waals surface area contributed by atoms with Crippen molar-refractivity contribution in [3.05, 3.63) is 58.1 Å². The fraction of sp³-hybridized carbons (Fsp3) is 0.158. The molecule has 0 saturated heterocycles. The van der Waals surface area contributed by atoms with Crippen LogP contribution in [-0.2, 0) is 9.59 Å². The molecule has 0 spiro atoms. The van der Waals surface area contributed by atoms with E-state index in [0.29, 0.717) is 5.56 Å². The van der Waals surface area contributed by atoms with Gasteiger partial charge in [-0.2, -0.15) is 0 Å². The van der Waals surface area contributed by atoms with Crippen LogP contribution >= 0.6 is 31.9 Å². The van der Waals surface area contributed by atoms with E-state index in [1.54, 1.807) is 12.1 Å². The number of carbonyl (C=O) groups excluding carboxylic acids is 4. The Kier molecular flexibility index (Phi) is 5.30. The average Bonchev–Trinajstić information content (AvgIpc) is 2.59. The molecule has 0 N–H and O–H groups in total. The van der Waals surface area contributed by atoms with E-state index >= 15 is 0 Å². The summed E-state index contributed by atoms with van der Waals surface area (Å²) < 4.78 is 9.96. The van der Waals surface area contributed by atoms with Crippen LogP contribution in [0.15, 0.2) is 30.3 Å². The Morgan fingerprint density at radius 3 is 1.89 bits per heavy atom. The van der Waals surface area contributed by atoms with Gasteiger partial charge in [0.15, 0.2) is 11.6 Å². The van der Waals surface area contributed by atoms with Gasteiger partial charge in [0.2, 0.25) is 0 Å². The molecule has 0 bridgehead atoms. The highest BCUT2D eigenvalue weighted by atomic mass is 79.9. The number of hydrogen-bond acceptors (Lipinski definition) is 6. The minimum Gasteiger partial charge on any atom is -0.426 e. The first-order valence-corrected chi connectivity index (χ1v) is 9.59. The summed E-state index contributed by atoms with van der Waals surface area (Å²) in [6.07, 6.45) is 0. The van der Waals surface area contributed by atoms with Gasteiger partial charge >= 0.3 is 11.9 Å². The topological polar surface area (TPSA) is 86.7 Å². The Labute approximate surface area is 171 Å². The Balaban J connectivity index is 2.41. The molecule has 0 heterocycles. The van der Waals surface area contributed by atoms with Gasteiger partial charge in [0.25, 0.3) is 0 Å². The van der Waals surface area contributed by atoms with Crippen LogP contribution < -0.4 is 9.47 Å². The first-order valence-electron chi connectivity index (χ1n) is 7.76. The van der Waals surface area contributed by atoms with Crippen LogP contribution in [0.2, 0.25) is 0 Å². The molecule has 0 fully saturated rings. The molecule has 0 aromatic heterocycles. The van der Waals surface area contributed by atoms with Gasteiger partial charge < -0.3 is 9.47 Å². The number of halogens is 2. The molecule has 0 aliphatic heterocycles. The minimum atomic E-state index is -0.654. The molecule has 6 nitrogen and oxygen atoms in total. The van der Waals surface area contributed by atoms with E-state index in [1.807, 2.05) is 0 Å². The molecule has 0 atom stereocenters. The zero-order chi connectivity index (χ0) is 19.9. The van der Waals surface area contributed by atoms with Gasteiger partial charge in [-0.3, -0.25) is 19.2 Å². The average molecular weight is 496 g/mol. The molecular weight excluding hydrogens is 484 g/mol. The summed E-state index contributed by atoms with van der Waals surface area (Å²) in [5.74, 6) is -2.41. The van der Waals surface area contributed by atoms with Gasteiger partial charge in [-0.15, -0.1) is 0 Å². The molecule has 3 rings (SSSR count). The normalized spacial score (nSPS) is 12.5. The standard InChI is InChI=1S/C19H12Br2O6/c1-8(22)26-13-7-12(19(20)21)18(27-9(2)23)15-14(13)16(24)10-5-3-4-6-11(10)17(15)25/h3-7,19H,1-2H3. The number of ketones is 2. The Morgan fingerprint density at radius 1 is 0.889 bits per heavy atom. The second kappa shape index (κ2) is 7.36. The van der Waals surface area contributed by atoms with Gasteiger partial charge in [-0.1, -0.05) is 56.1 Å². The highest BCUT2D eigenvalue weighted by Gasteiger charge is 2.38. The number of alkyl halides is 2. The van der Waals surface area contributed by atoms with Gasteiger partial charge in [0.1, 0.15) is 11.5 Å². The molecule has 0 radical (unpaired) electrons. The molecule has 2 aromatic carbocycles. The van der Waals surface area contributed by atoms with Crippen molar-refractivity contribution in [2.24, 2.45) is 0 Å². The predicted molar refractivity (Wildman–Crippen MR) is 103 cm³/mol. The van der Waals surface area contributed by atoms with E-state index < -0.39 is 27.2 Å². The molecule has 8 heteroatoms. The number of hydrogen-bond donors (Lipinski definition) is 0. The maximum Gasteiger partial charge on any atom is 0.308 e. The summed E-state index contributed by atoms with van der Waals surface area (Å²) in [5.41, 5.74) is 0.510. The van der Waals surface area contributed by atoms with Crippen LogP contribution in [0.3, 0.4) is 0 Å². The first kappa shape index (κ1) is 19.4. The van der Waals surface area contributed by atoms with Crippen LogP contribution in [-0.4, -0.2) is 23.5 Å².